The van der Waals surface area contributed by atoms with Gasteiger partial charge in [-0.3, -0.25) is 0 Å². The number of hydrogen-bond donors (Lipinski definition) is 1. The summed E-state index contributed by atoms with van der Waals surface area (Å²) in [6.45, 7) is 2.76. The molecule has 0 bridgehead atoms. The van der Waals surface area contributed by atoms with Crippen LogP contribution in [0.1, 0.15) is 22.5 Å². The van der Waals surface area contributed by atoms with E-state index in [1.807, 2.05) is 24.3 Å². The highest BCUT2D eigenvalue weighted by Crippen LogP contribution is 2.22. The van der Waals surface area contributed by atoms with Crippen LogP contribution < -0.4 is 9.47 Å². The molecule has 0 saturated heterocycles. The zero-order chi connectivity index (χ0) is 14.4. The predicted octanol–water partition coefficient (Wildman–Crippen LogP) is 3.77. The lowest BCUT2D eigenvalue weighted by molar-refractivity contribution is 0.321. The molecule has 1 heterocycles. The van der Waals surface area contributed by atoms with Gasteiger partial charge in [0.1, 0.15) is 11.5 Å². The number of benzene rings is 1. The van der Waals surface area contributed by atoms with Crippen molar-refractivity contribution in [2.45, 2.75) is 25.5 Å². The molecule has 20 heavy (non-hydrogen) atoms. The molecule has 0 atom stereocenters. The molecule has 1 aromatic carbocycles. The standard InChI is InChI=1S/C15H19NO2S2/c1-3-13-14(10-19)20-15(16-13)8-9-18-12-6-4-11(17-2)5-7-12/h4-7,19H,3,8-10H2,1-2H3. The third-order valence-corrected chi connectivity index (χ3v) is 4.63. The monoisotopic (exact) mass is 309 g/mol. The lowest BCUT2D eigenvalue weighted by Gasteiger charge is -2.05. The normalized spacial score (nSPS) is 10.6. The first-order chi connectivity index (χ1) is 9.76. The second-order valence-electron chi connectivity index (χ2n) is 4.26. The lowest BCUT2D eigenvalue weighted by atomic mass is 10.3. The molecule has 0 unspecified atom stereocenters. The van der Waals surface area contributed by atoms with E-state index < -0.39 is 0 Å². The Hall–Kier alpha value is -1.20. The molecule has 0 aliphatic rings. The maximum atomic E-state index is 5.72. The molecule has 108 valence electrons. The molecule has 0 N–H and O–H groups in total. The van der Waals surface area contributed by atoms with Crippen molar-refractivity contribution in [3.63, 3.8) is 0 Å². The molecule has 5 heteroatoms. The summed E-state index contributed by atoms with van der Waals surface area (Å²) in [7, 11) is 1.66. The fraction of sp³-hybridized carbons (Fsp3) is 0.400. The largest absolute Gasteiger partial charge is 0.497 e. The number of thiol groups is 1. The SMILES string of the molecule is CCc1nc(CCOc2ccc(OC)cc2)sc1CS. The second kappa shape index (κ2) is 7.55. The van der Waals surface area contributed by atoms with Crippen molar-refractivity contribution in [3.8, 4) is 11.5 Å². The molecule has 0 radical (unpaired) electrons. The number of aryl methyl sites for hydroxylation is 1. The van der Waals surface area contributed by atoms with Crippen LogP contribution in [0.3, 0.4) is 0 Å². The summed E-state index contributed by atoms with van der Waals surface area (Å²) in [6.07, 6.45) is 1.79. The Morgan fingerprint density at radius 3 is 2.45 bits per heavy atom. The molecule has 0 fully saturated rings. The van der Waals surface area contributed by atoms with Gasteiger partial charge in [0.05, 0.1) is 24.4 Å². The van der Waals surface area contributed by atoms with E-state index in [4.69, 9.17) is 9.47 Å². The van der Waals surface area contributed by atoms with Crippen LogP contribution in [0.2, 0.25) is 0 Å². The minimum absolute atomic E-state index is 0.634. The van der Waals surface area contributed by atoms with E-state index in [9.17, 15) is 0 Å². The number of rotatable bonds is 7. The third kappa shape index (κ3) is 3.90. The van der Waals surface area contributed by atoms with Crippen LogP contribution in [-0.4, -0.2) is 18.7 Å². The number of ether oxygens (including phenoxy) is 2. The fourth-order valence-corrected chi connectivity index (χ4v) is 3.25. The van der Waals surface area contributed by atoms with Crippen molar-refractivity contribution >= 4 is 24.0 Å². The molecular formula is C15H19NO2S2. The number of methoxy groups -OCH3 is 1. The Morgan fingerprint density at radius 1 is 1.20 bits per heavy atom. The van der Waals surface area contributed by atoms with E-state index in [-0.39, 0.29) is 0 Å². The van der Waals surface area contributed by atoms with Crippen molar-refractivity contribution in [2.24, 2.45) is 0 Å². The first kappa shape index (κ1) is 15.2. The average molecular weight is 309 g/mol. The van der Waals surface area contributed by atoms with Gasteiger partial charge in [-0.05, 0) is 30.7 Å². The number of thiazole rings is 1. The first-order valence-electron chi connectivity index (χ1n) is 6.62. The minimum atomic E-state index is 0.634. The van der Waals surface area contributed by atoms with E-state index in [2.05, 4.69) is 24.5 Å². The Morgan fingerprint density at radius 2 is 1.90 bits per heavy atom. The number of nitrogens with zero attached hydrogens (tertiary/aromatic N) is 1. The second-order valence-corrected chi connectivity index (χ2v) is 5.75. The van der Waals surface area contributed by atoms with Gasteiger partial charge in [-0.2, -0.15) is 12.6 Å². The summed E-state index contributed by atoms with van der Waals surface area (Å²) in [5, 5.41) is 1.12. The quantitative estimate of drug-likeness (QED) is 0.790. The van der Waals surface area contributed by atoms with Gasteiger partial charge in [0, 0.05) is 17.1 Å². The zero-order valence-corrected chi connectivity index (χ0v) is 13.5. The molecule has 0 aliphatic carbocycles. The van der Waals surface area contributed by atoms with Crippen molar-refractivity contribution in [1.82, 2.24) is 4.98 Å². The summed E-state index contributed by atoms with van der Waals surface area (Å²) in [6, 6.07) is 7.62. The van der Waals surface area contributed by atoms with Crippen LogP contribution in [0.25, 0.3) is 0 Å². The molecule has 2 aromatic rings. The van der Waals surface area contributed by atoms with Crippen LogP contribution in [0.5, 0.6) is 11.5 Å². The Bertz CT molecular complexity index is 516. The molecular weight excluding hydrogens is 290 g/mol. The molecule has 0 amide bonds. The average Bonchev–Trinajstić information content (AvgIpc) is 2.90. The van der Waals surface area contributed by atoms with Crippen molar-refractivity contribution in [2.75, 3.05) is 13.7 Å². The van der Waals surface area contributed by atoms with Gasteiger partial charge in [-0.1, -0.05) is 6.92 Å². The maximum absolute atomic E-state index is 5.72. The number of hydrogen-bond acceptors (Lipinski definition) is 5. The highest BCUT2D eigenvalue weighted by atomic mass is 32.1. The predicted molar refractivity (Wildman–Crippen MR) is 86.4 cm³/mol. The first-order valence-corrected chi connectivity index (χ1v) is 8.06. The fourth-order valence-electron chi connectivity index (χ4n) is 1.87. The van der Waals surface area contributed by atoms with E-state index in [0.717, 1.165) is 35.1 Å². The lowest BCUT2D eigenvalue weighted by Crippen LogP contribution is -2.01. The van der Waals surface area contributed by atoms with Gasteiger partial charge in [-0.15, -0.1) is 11.3 Å². The topological polar surface area (TPSA) is 31.4 Å². The van der Waals surface area contributed by atoms with Crippen LogP contribution in [-0.2, 0) is 18.6 Å². The third-order valence-electron chi connectivity index (χ3n) is 2.95. The van der Waals surface area contributed by atoms with E-state index in [1.54, 1.807) is 18.4 Å². The van der Waals surface area contributed by atoms with Gasteiger partial charge in [-0.25, -0.2) is 4.98 Å². The van der Waals surface area contributed by atoms with E-state index >= 15 is 0 Å². The van der Waals surface area contributed by atoms with E-state index in [0.29, 0.717) is 6.61 Å². The molecule has 0 saturated carbocycles. The summed E-state index contributed by atoms with van der Waals surface area (Å²) in [5.41, 5.74) is 1.17. The van der Waals surface area contributed by atoms with Gasteiger partial charge in [0.25, 0.3) is 0 Å². The minimum Gasteiger partial charge on any atom is -0.497 e. The van der Waals surface area contributed by atoms with Gasteiger partial charge in [0.2, 0.25) is 0 Å². The summed E-state index contributed by atoms with van der Waals surface area (Å²) >= 11 is 6.08. The van der Waals surface area contributed by atoms with Crippen LogP contribution in [0.15, 0.2) is 24.3 Å². The Labute approximate surface area is 129 Å². The molecule has 0 aliphatic heterocycles. The number of aromatic nitrogens is 1. The highest BCUT2D eigenvalue weighted by Gasteiger charge is 2.08. The van der Waals surface area contributed by atoms with Gasteiger partial charge in [0.15, 0.2) is 0 Å². The Balaban J connectivity index is 1.87. The highest BCUT2D eigenvalue weighted by molar-refractivity contribution is 7.79. The van der Waals surface area contributed by atoms with Crippen molar-refractivity contribution in [1.29, 1.82) is 0 Å². The molecule has 3 nitrogen and oxygen atoms in total. The van der Waals surface area contributed by atoms with Gasteiger partial charge < -0.3 is 9.47 Å². The molecule has 0 spiro atoms. The smallest absolute Gasteiger partial charge is 0.119 e. The molecule has 1 aromatic heterocycles. The van der Waals surface area contributed by atoms with Crippen molar-refractivity contribution in [3.05, 3.63) is 39.8 Å². The zero-order valence-electron chi connectivity index (χ0n) is 11.8. The summed E-state index contributed by atoms with van der Waals surface area (Å²) in [5.74, 6) is 2.45. The van der Waals surface area contributed by atoms with Crippen molar-refractivity contribution < 1.29 is 9.47 Å². The maximum Gasteiger partial charge on any atom is 0.119 e. The molecule has 2 rings (SSSR count). The Kier molecular flexibility index (Phi) is 5.73. The van der Waals surface area contributed by atoms with Crippen LogP contribution in [0.4, 0.5) is 0 Å². The van der Waals surface area contributed by atoms with E-state index in [1.165, 1.54) is 10.6 Å². The van der Waals surface area contributed by atoms with Crippen LogP contribution >= 0.6 is 24.0 Å². The summed E-state index contributed by atoms with van der Waals surface area (Å²) < 4.78 is 10.8. The van der Waals surface area contributed by atoms with Gasteiger partial charge >= 0.3 is 0 Å². The summed E-state index contributed by atoms with van der Waals surface area (Å²) in [4.78, 5) is 5.90. The van der Waals surface area contributed by atoms with Crippen LogP contribution in [0, 0.1) is 0 Å².